The lowest BCUT2D eigenvalue weighted by Crippen LogP contribution is -2.44. The molecule has 6 heteroatoms. The van der Waals surface area contributed by atoms with Crippen LogP contribution in [0.15, 0.2) is 0 Å². The third-order valence-corrected chi connectivity index (χ3v) is 2.42. The average Bonchev–Trinajstić information content (AvgIpc) is 2.05. The Morgan fingerprint density at radius 1 is 1.23 bits per heavy atom. The number of nitrogens with zero attached hydrogens (tertiary/aromatic N) is 1. The highest BCUT2D eigenvalue weighted by Crippen LogP contribution is 2.03. The molecule has 3 nitrogen and oxygen atoms in total. The van der Waals surface area contributed by atoms with Gasteiger partial charge in [0.2, 0.25) is 0 Å². The molecule has 0 aromatic rings. The van der Waals surface area contributed by atoms with Crippen molar-refractivity contribution < 1.29 is 9.90 Å². The van der Waals surface area contributed by atoms with Crippen LogP contribution in [-0.2, 0) is 4.79 Å². The molecule has 0 saturated heterocycles. The molecule has 0 heterocycles. The fourth-order valence-corrected chi connectivity index (χ4v) is 1.93. The zero-order valence-electron chi connectivity index (χ0n) is 7.26. The summed E-state index contributed by atoms with van der Waals surface area (Å²) >= 11 is 12.1. The summed E-state index contributed by atoms with van der Waals surface area (Å²) in [5, 5.41) is 8.86. The minimum Gasteiger partial charge on any atom is -0.480 e. The van der Waals surface area contributed by atoms with Crippen LogP contribution in [0.1, 0.15) is 0 Å². The molecule has 78 valence electrons. The summed E-state index contributed by atoms with van der Waals surface area (Å²) in [5.74, 6) is 0.770. The van der Waals surface area contributed by atoms with E-state index in [1.54, 1.807) is 0 Å². The van der Waals surface area contributed by atoms with Gasteiger partial charge in [-0.2, -0.15) is 37.9 Å². The molecular weight excluding hydrogens is 226 g/mol. The third kappa shape index (κ3) is 5.05. The fourth-order valence-electron chi connectivity index (χ4n) is 1.03. The van der Waals surface area contributed by atoms with Crippen LogP contribution in [0.5, 0.6) is 0 Å². The quantitative estimate of drug-likeness (QED) is 0.492. The molecular formula is C7H15NO2S3. The average molecular weight is 241 g/mol. The van der Waals surface area contributed by atoms with Crippen molar-refractivity contribution >= 4 is 43.9 Å². The predicted octanol–water partition coefficient (Wildman–Crippen LogP) is 0.531. The van der Waals surface area contributed by atoms with Gasteiger partial charge >= 0.3 is 5.97 Å². The summed E-state index contributed by atoms with van der Waals surface area (Å²) in [5.41, 5.74) is 0. The Bertz CT molecular complexity index is 151. The molecule has 0 saturated carbocycles. The number of carboxylic acid groups (broad SMARTS) is 1. The lowest BCUT2D eigenvalue weighted by molar-refractivity contribution is -0.142. The van der Waals surface area contributed by atoms with Gasteiger partial charge in [-0.25, -0.2) is 0 Å². The SMILES string of the molecule is O=C(O)C(CS)N(CCS)CCS. The Balaban J connectivity index is 4.20. The molecule has 0 rings (SSSR count). The summed E-state index contributed by atoms with van der Waals surface area (Å²) < 4.78 is 0. The van der Waals surface area contributed by atoms with E-state index in [4.69, 9.17) is 5.11 Å². The van der Waals surface area contributed by atoms with Gasteiger partial charge in [0.1, 0.15) is 6.04 Å². The van der Waals surface area contributed by atoms with Gasteiger partial charge in [-0.3, -0.25) is 9.69 Å². The van der Waals surface area contributed by atoms with Gasteiger partial charge in [0.25, 0.3) is 0 Å². The maximum atomic E-state index is 10.8. The number of carboxylic acids is 1. The second-order valence-corrected chi connectivity index (χ2v) is 3.78. The molecule has 0 aliphatic rings. The highest BCUT2D eigenvalue weighted by Gasteiger charge is 2.22. The van der Waals surface area contributed by atoms with Gasteiger partial charge < -0.3 is 5.11 Å². The first-order valence-corrected chi connectivity index (χ1v) is 5.86. The summed E-state index contributed by atoms with van der Waals surface area (Å²) in [6.07, 6.45) is 0. The molecule has 1 unspecified atom stereocenters. The van der Waals surface area contributed by atoms with E-state index in [1.807, 2.05) is 4.90 Å². The maximum Gasteiger partial charge on any atom is 0.321 e. The second kappa shape index (κ2) is 7.84. The number of aliphatic carboxylic acids is 1. The Kier molecular flexibility index (Phi) is 8.13. The van der Waals surface area contributed by atoms with Crippen LogP contribution in [-0.4, -0.2) is 52.4 Å². The standard InChI is InChI=1S/C7H15NO2S3/c9-7(10)6(5-13)8(1-3-11)2-4-12/h6,11-13H,1-5H2,(H,9,10). The molecule has 0 aromatic heterocycles. The van der Waals surface area contributed by atoms with E-state index < -0.39 is 12.0 Å². The van der Waals surface area contributed by atoms with Crippen molar-refractivity contribution in [1.82, 2.24) is 4.90 Å². The number of thiol groups is 3. The number of rotatable bonds is 7. The summed E-state index contributed by atoms with van der Waals surface area (Å²) in [6.45, 7) is 1.31. The number of hydrogen-bond acceptors (Lipinski definition) is 5. The van der Waals surface area contributed by atoms with Crippen LogP contribution < -0.4 is 0 Å². The Hall–Kier alpha value is 0.480. The second-order valence-electron chi connectivity index (χ2n) is 2.52. The minimum atomic E-state index is -0.835. The van der Waals surface area contributed by atoms with E-state index in [9.17, 15) is 4.79 Å². The normalized spacial score (nSPS) is 13.2. The molecule has 0 aromatic carbocycles. The predicted molar refractivity (Wildman–Crippen MR) is 64.6 cm³/mol. The van der Waals surface area contributed by atoms with E-state index in [-0.39, 0.29) is 0 Å². The van der Waals surface area contributed by atoms with E-state index in [0.29, 0.717) is 30.3 Å². The molecule has 0 fully saturated rings. The number of carbonyl (C=O) groups is 1. The van der Waals surface area contributed by atoms with Gasteiger partial charge in [0.15, 0.2) is 0 Å². The zero-order chi connectivity index (χ0) is 10.3. The van der Waals surface area contributed by atoms with Crippen molar-refractivity contribution in [3.05, 3.63) is 0 Å². The van der Waals surface area contributed by atoms with Crippen LogP contribution >= 0.6 is 37.9 Å². The Morgan fingerprint density at radius 2 is 1.69 bits per heavy atom. The van der Waals surface area contributed by atoms with Crippen molar-refractivity contribution in [2.45, 2.75) is 6.04 Å². The van der Waals surface area contributed by atoms with Crippen molar-refractivity contribution in [2.75, 3.05) is 30.3 Å². The summed E-state index contributed by atoms with van der Waals surface area (Å²) in [7, 11) is 0. The van der Waals surface area contributed by atoms with Crippen molar-refractivity contribution in [3.63, 3.8) is 0 Å². The maximum absolute atomic E-state index is 10.8. The summed E-state index contributed by atoms with van der Waals surface area (Å²) in [4.78, 5) is 12.6. The van der Waals surface area contributed by atoms with Crippen molar-refractivity contribution in [3.8, 4) is 0 Å². The van der Waals surface area contributed by atoms with E-state index in [1.165, 1.54) is 0 Å². The molecule has 13 heavy (non-hydrogen) atoms. The largest absolute Gasteiger partial charge is 0.480 e. The molecule has 0 aliphatic carbocycles. The van der Waals surface area contributed by atoms with Gasteiger partial charge in [-0.15, -0.1) is 0 Å². The van der Waals surface area contributed by atoms with Gasteiger partial charge in [-0.05, 0) is 0 Å². The highest BCUT2D eigenvalue weighted by atomic mass is 32.1. The molecule has 1 atom stereocenters. The van der Waals surface area contributed by atoms with Crippen LogP contribution in [0.2, 0.25) is 0 Å². The van der Waals surface area contributed by atoms with Gasteiger partial charge in [0.05, 0.1) is 0 Å². The zero-order valence-corrected chi connectivity index (χ0v) is 9.94. The number of hydrogen-bond donors (Lipinski definition) is 4. The first-order chi connectivity index (χ1) is 6.17. The monoisotopic (exact) mass is 241 g/mol. The van der Waals surface area contributed by atoms with Crippen LogP contribution in [0.4, 0.5) is 0 Å². The summed E-state index contributed by atoms with van der Waals surface area (Å²) in [6, 6.07) is -0.525. The topological polar surface area (TPSA) is 40.5 Å². The van der Waals surface area contributed by atoms with Gasteiger partial charge in [-0.1, -0.05) is 0 Å². The Morgan fingerprint density at radius 3 is 1.92 bits per heavy atom. The smallest absolute Gasteiger partial charge is 0.321 e. The molecule has 0 spiro atoms. The van der Waals surface area contributed by atoms with E-state index in [0.717, 1.165) is 0 Å². The lowest BCUT2D eigenvalue weighted by Gasteiger charge is -2.26. The van der Waals surface area contributed by atoms with Crippen molar-refractivity contribution in [2.24, 2.45) is 0 Å². The van der Waals surface area contributed by atoms with Gasteiger partial charge in [0, 0.05) is 30.3 Å². The minimum absolute atomic E-state index is 0.316. The van der Waals surface area contributed by atoms with E-state index >= 15 is 0 Å². The first kappa shape index (κ1) is 13.5. The Labute approximate surface area is 95.1 Å². The molecule has 0 bridgehead atoms. The molecule has 0 radical (unpaired) electrons. The fraction of sp³-hybridized carbons (Fsp3) is 0.857. The van der Waals surface area contributed by atoms with Crippen LogP contribution in [0, 0.1) is 0 Å². The van der Waals surface area contributed by atoms with E-state index in [2.05, 4.69) is 37.9 Å². The van der Waals surface area contributed by atoms with Crippen LogP contribution in [0.25, 0.3) is 0 Å². The third-order valence-electron chi connectivity index (χ3n) is 1.67. The molecule has 1 N–H and O–H groups in total. The molecule has 0 aliphatic heterocycles. The first-order valence-electron chi connectivity index (χ1n) is 3.96. The van der Waals surface area contributed by atoms with Crippen molar-refractivity contribution in [1.29, 1.82) is 0 Å². The molecule has 0 amide bonds. The lowest BCUT2D eigenvalue weighted by atomic mass is 10.3. The highest BCUT2D eigenvalue weighted by molar-refractivity contribution is 7.80. The van der Waals surface area contributed by atoms with Crippen LogP contribution in [0.3, 0.4) is 0 Å².